The lowest BCUT2D eigenvalue weighted by atomic mass is 10.1. The van der Waals surface area contributed by atoms with Crippen LogP contribution in [0.4, 0.5) is 5.82 Å². The molecule has 0 spiro atoms. The van der Waals surface area contributed by atoms with E-state index in [2.05, 4.69) is 9.82 Å². The van der Waals surface area contributed by atoms with E-state index in [0.29, 0.717) is 12.0 Å². The fourth-order valence-corrected chi connectivity index (χ4v) is 3.23. The van der Waals surface area contributed by atoms with E-state index in [1.807, 2.05) is 0 Å². The van der Waals surface area contributed by atoms with Crippen molar-refractivity contribution < 1.29 is 18.3 Å². The third-order valence-electron chi connectivity index (χ3n) is 2.94. The lowest BCUT2D eigenvalue weighted by molar-refractivity contribution is 0.0696. The van der Waals surface area contributed by atoms with Gasteiger partial charge in [0.15, 0.2) is 5.82 Å². The van der Waals surface area contributed by atoms with Crippen LogP contribution in [0.3, 0.4) is 0 Å². The maximum absolute atomic E-state index is 12.4. The molecule has 0 atom stereocenters. The highest BCUT2D eigenvalue weighted by atomic mass is 32.2. The van der Waals surface area contributed by atoms with Gasteiger partial charge in [0.1, 0.15) is 0 Å². The zero-order chi connectivity index (χ0) is 15.6. The van der Waals surface area contributed by atoms with E-state index < -0.39 is 16.0 Å². The van der Waals surface area contributed by atoms with Crippen LogP contribution in [0.15, 0.2) is 35.4 Å². The van der Waals surface area contributed by atoms with Crippen molar-refractivity contribution in [2.24, 2.45) is 7.05 Å². The first kappa shape index (κ1) is 15.0. The molecular weight excluding hydrogens is 294 g/mol. The molecule has 0 saturated carbocycles. The standard InChI is InChI=1S/C13H15N3O4S/c1-3-9-4-5-10(13(17)18)8-11(9)21(19,20)15-12-6-7-16(2)14-12/h4-8H,3H2,1-2H3,(H,14,15)(H,17,18). The quantitative estimate of drug-likeness (QED) is 0.871. The van der Waals surface area contributed by atoms with Crippen molar-refractivity contribution in [2.45, 2.75) is 18.2 Å². The molecule has 2 rings (SSSR count). The molecule has 112 valence electrons. The Morgan fingerprint density at radius 2 is 2.10 bits per heavy atom. The van der Waals surface area contributed by atoms with Crippen LogP contribution in [0.25, 0.3) is 0 Å². The van der Waals surface area contributed by atoms with Crippen LogP contribution in [-0.2, 0) is 23.5 Å². The van der Waals surface area contributed by atoms with Gasteiger partial charge in [0, 0.05) is 19.3 Å². The zero-order valence-corrected chi connectivity index (χ0v) is 12.4. The van der Waals surface area contributed by atoms with Gasteiger partial charge in [-0.2, -0.15) is 5.10 Å². The number of aromatic nitrogens is 2. The van der Waals surface area contributed by atoms with E-state index in [-0.39, 0.29) is 16.3 Å². The molecule has 0 aliphatic carbocycles. The Kier molecular flexibility index (Phi) is 3.99. The van der Waals surface area contributed by atoms with Gasteiger partial charge in [-0.1, -0.05) is 13.0 Å². The molecule has 1 heterocycles. The number of rotatable bonds is 5. The van der Waals surface area contributed by atoms with Crippen LogP contribution >= 0.6 is 0 Å². The number of hydrogen-bond acceptors (Lipinski definition) is 4. The van der Waals surface area contributed by atoms with Crippen LogP contribution < -0.4 is 4.72 Å². The largest absolute Gasteiger partial charge is 0.478 e. The predicted octanol–water partition coefficient (Wildman–Crippen LogP) is 1.48. The monoisotopic (exact) mass is 309 g/mol. The highest BCUT2D eigenvalue weighted by molar-refractivity contribution is 7.92. The second kappa shape index (κ2) is 5.57. The molecule has 1 aromatic heterocycles. The van der Waals surface area contributed by atoms with Crippen molar-refractivity contribution in [1.82, 2.24) is 9.78 Å². The van der Waals surface area contributed by atoms with E-state index in [4.69, 9.17) is 5.11 Å². The number of hydrogen-bond donors (Lipinski definition) is 2. The smallest absolute Gasteiger partial charge is 0.335 e. The predicted molar refractivity (Wildman–Crippen MR) is 76.8 cm³/mol. The second-order valence-electron chi connectivity index (χ2n) is 4.46. The van der Waals surface area contributed by atoms with Gasteiger partial charge in [0.05, 0.1) is 10.5 Å². The molecule has 0 saturated heterocycles. The van der Waals surface area contributed by atoms with Crippen molar-refractivity contribution >= 4 is 21.8 Å². The van der Waals surface area contributed by atoms with Gasteiger partial charge in [-0.15, -0.1) is 0 Å². The third kappa shape index (κ3) is 3.22. The molecule has 0 radical (unpaired) electrons. The average molecular weight is 309 g/mol. The maximum atomic E-state index is 12.4. The van der Waals surface area contributed by atoms with Crippen molar-refractivity contribution in [1.29, 1.82) is 0 Å². The van der Waals surface area contributed by atoms with Crippen molar-refractivity contribution in [3.63, 3.8) is 0 Å². The Balaban J connectivity index is 2.47. The minimum absolute atomic E-state index is 0.0458. The lowest BCUT2D eigenvalue weighted by Crippen LogP contribution is -2.16. The zero-order valence-electron chi connectivity index (χ0n) is 11.6. The summed E-state index contributed by atoms with van der Waals surface area (Å²) in [6.07, 6.45) is 2.07. The van der Waals surface area contributed by atoms with Crippen LogP contribution in [-0.4, -0.2) is 29.3 Å². The van der Waals surface area contributed by atoms with Crippen LogP contribution in [0.2, 0.25) is 0 Å². The minimum atomic E-state index is -3.89. The Morgan fingerprint density at radius 1 is 1.38 bits per heavy atom. The molecule has 2 aromatic rings. The summed E-state index contributed by atoms with van der Waals surface area (Å²) < 4.78 is 28.6. The molecule has 2 N–H and O–H groups in total. The third-order valence-corrected chi connectivity index (χ3v) is 4.37. The number of sulfonamides is 1. The number of anilines is 1. The van der Waals surface area contributed by atoms with Crippen molar-refractivity contribution in [3.8, 4) is 0 Å². The van der Waals surface area contributed by atoms with E-state index in [0.717, 1.165) is 6.07 Å². The first-order chi connectivity index (χ1) is 9.83. The molecule has 0 amide bonds. The molecule has 7 nitrogen and oxygen atoms in total. The number of benzene rings is 1. The Hall–Kier alpha value is -2.35. The molecule has 0 bridgehead atoms. The molecular formula is C13H15N3O4S. The highest BCUT2D eigenvalue weighted by Gasteiger charge is 2.21. The topological polar surface area (TPSA) is 101 Å². The molecule has 0 unspecified atom stereocenters. The second-order valence-corrected chi connectivity index (χ2v) is 6.11. The first-order valence-electron chi connectivity index (χ1n) is 6.22. The maximum Gasteiger partial charge on any atom is 0.335 e. The normalized spacial score (nSPS) is 11.3. The Bertz CT molecular complexity index is 780. The summed E-state index contributed by atoms with van der Waals surface area (Å²) in [5.74, 6) is -0.993. The van der Waals surface area contributed by atoms with Crippen molar-refractivity contribution in [3.05, 3.63) is 41.6 Å². The van der Waals surface area contributed by atoms with Gasteiger partial charge < -0.3 is 5.11 Å². The summed E-state index contributed by atoms with van der Waals surface area (Å²) in [6.45, 7) is 1.80. The van der Waals surface area contributed by atoms with Gasteiger partial charge in [0.25, 0.3) is 10.0 Å². The molecule has 0 aliphatic heterocycles. The van der Waals surface area contributed by atoms with E-state index in [1.165, 1.54) is 22.9 Å². The summed E-state index contributed by atoms with van der Waals surface area (Å²) >= 11 is 0. The van der Waals surface area contributed by atoms with Crippen LogP contribution in [0.5, 0.6) is 0 Å². The van der Waals surface area contributed by atoms with Gasteiger partial charge in [0.2, 0.25) is 0 Å². The summed E-state index contributed by atoms with van der Waals surface area (Å²) in [7, 11) is -2.22. The van der Waals surface area contributed by atoms with Crippen LogP contribution in [0.1, 0.15) is 22.8 Å². The average Bonchev–Trinajstić information content (AvgIpc) is 2.82. The molecule has 1 aromatic carbocycles. The number of aryl methyl sites for hydroxylation is 2. The SMILES string of the molecule is CCc1ccc(C(=O)O)cc1S(=O)(=O)Nc1ccn(C)n1. The fourth-order valence-electron chi connectivity index (χ4n) is 1.89. The molecule has 8 heteroatoms. The lowest BCUT2D eigenvalue weighted by Gasteiger charge is -2.10. The van der Waals surface area contributed by atoms with Crippen molar-refractivity contribution in [2.75, 3.05) is 4.72 Å². The summed E-state index contributed by atoms with van der Waals surface area (Å²) in [4.78, 5) is 11.0. The number of carboxylic acids is 1. The van der Waals surface area contributed by atoms with E-state index in [1.54, 1.807) is 20.2 Å². The summed E-state index contributed by atoms with van der Waals surface area (Å²) in [6, 6.07) is 5.58. The first-order valence-corrected chi connectivity index (χ1v) is 7.70. The molecule has 21 heavy (non-hydrogen) atoms. The summed E-state index contributed by atoms with van der Waals surface area (Å²) in [5.41, 5.74) is 0.469. The fraction of sp³-hybridized carbons (Fsp3) is 0.231. The van der Waals surface area contributed by atoms with Gasteiger partial charge in [-0.05, 0) is 24.1 Å². The number of carbonyl (C=O) groups is 1. The number of carboxylic acid groups (broad SMARTS) is 1. The molecule has 0 fully saturated rings. The number of aromatic carboxylic acids is 1. The van der Waals surface area contributed by atoms with Gasteiger partial charge >= 0.3 is 5.97 Å². The summed E-state index contributed by atoms with van der Waals surface area (Å²) in [5, 5.41) is 12.9. The van der Waals surface area contributed by atoms with Gasteiger partial charge in [-0.3, -0.25) is 9.40 Å². The van der Waals surface area contributed by atoms with E-state index in [9.17, 15) is 13.2 Å². The van der Waals surface area contributed by atoms with Gasteiger partial charge in [-0.25, -0.2) is 13.2 Å². The van der Waals surface area contributed by atoms with E-state index >= 15 is 0 Å². The number of nitrogens with zero attached hydrogens (tertiary/aromatic N) is 2. The highest BCUT2D eigenvalue weighted by Crippen LogP contribution is 2.21. The minimum Gasteiger partial charge on any atom is -0.478 e. The Labute approximate surface area is 122 Å². The molecule has 0 aliphatic rings. The Morgan fingerprint density at radius 3 is 2.62 bits per heavy atom. The number of nitrogens with one attached hydrogen (secondary N) is 1. The van der Waals surface area contributed by atoms with Crippen LogP contribution in [0, 0.1) is 0 Å².